The summed E-state index contributed by atoms with van der Waals surface area (Å²) in [5, 5.41) is 6.95. The van der Waals surface area contributed by atoms with Crippen LogP contribution in [0.5, 0.6) is 0 Å². The average Bonchev–Trinajstić information content (AvgIpc) is 3.57. The Morgan fingerprint density at radius 3 is 1.61 bits per heavy atom. The molecule has 228 valence electrons. The molecule has 3 nitrogen and oxygen atoms in total. The number of aromatic nitrogens is 2. The highest BCUT2D eigenvalue weighted by Crippen LogP contribution is 2.38. The van der Waals surface area contributed by atoms with Crippen molar-refractivity contribution in [1.82, 2.24) is 9.97 Å². The molecule has 0 unspecified atom stereocenters. The molecule has 0 aliphatic carbocycles. The number of para-hydroxylation sites is 2. The van der Waals surface area contributed by atoms with Gasteiger partial charge in [0.05, 0.1) is 22.9 Å². The van der Waals surface area contributed by atoms with Crippen molar-refractivity contribution >= 4 is 54.5 Å². The zero-order chi connectivity index (χ0) is 32.3. The van der Waals surface area contributed by atoms with Crippen molar-refractivity contribution in [1.29, 1.82) is 0 Å². The van der Waals surface area contributed by atoms with E-state index in [1.54, 1.807) is 0 Å². The number of benzene rings is 8. The maximum absolute atomic E-state index is 6.33. The Bertz CT molecular complexity index is 2830. The summed E-state index contributed by atoms with van der Waals surface area (Å²) in [7, 11) is 0. The molecule has 0 bridgehead atoms. The molecule has 0 fully saturated rings. The van der Waals surface area contributed by atoms with E-state index in [0.29, 0.717) is 0 Å². The van der Waals surface area contributed by atoms with E-state index in [2.05, 4.69) is 152 Å². The Hall–Kier alpha value is -6.58. The minimum absolute atomic E-state index is 0.869. The quantitative estimate of drug-likeness (QED) is 0.183. The fourth-order valence-electron chi connectivity index (χ4n) is 7.29. The monoisotopic (exact) mass is 624 g/mol. The molecule has 0 saturated carbocycles. The van der Waals surface area contributed by atoms with Crippen molar-refractivity contribution < 1.29 is 4.42 Å². The van der Waals surface area contributed by atoms with E-state index in [0.717, 1.165) is 71.7 Å². The van der Waals surface area contributed by atoms with Crippen LogP contribution in [0, 0.1) is 0 Å². The van der Waals surface area contributed by atoms with Crippen LogP contribution in [0.3, 0.4) is 0 Å². The van der Waals surface area contributed by atoms with Crippen LogP contribution < -0.4 is 0 Å². The van der Waals surface area contributed by atoms with Crippen molar-refractivity contribution in [3.63, 3.8) is 0 Å². The lowest BCUT2D eigenvalue weighted by atomic mass is 9.96. The third-order valence-electron chi connectivity index (χ3n) is 9.74. The topological polar surface area (TPSA) is 38.9 Å². The van der Waals surface area contributed by atoms with Gasteiger partial charge in [-0.1, -0.05) is 152 Å². The van der Waals surface area contributed by atoms with Gasteiger partial charge >= 0.3 is 0 Å². The van der Waals surface area contributed by atoms with Crippen LogP contribution in [0.4, 0.5) is 0 Å². The Morgan fingerprint density at radius 1 is 0.367 bits per heavy atom. The van der Waals surface area contributed by atoms with Crippen LogP contribution in [0.1, 0.15) is 0 Å². The summed E-state index contributed by atoms with van der Waals surface area (Å²) in [4.78, 5) is 10.1. The first-order chi connectivity index (χ1) is 24.3. The third kappa shape index (κ3) is 4.51. The summed E-state index contributed by atoms with van der Waals surface area (Å²) in [6.07, 6.45) is 1.90. The van der Waals surface area contributed by atoms with Gasteiger partial charge in [-0.3, -0.25) is 4.98 Å². The smallest absolute Gasteiger partial charge is 0.143 e. The molecule has 0 radical (unpaired) electrons. The molecule has 2 heterocycles. The minimum atomic E-state index is 0.869. The Balaban J connectivity index is 0.957. The second kappa shape index (κ2) is 11.0. The van der Waals surface area contributed by atoms with Gasteiger partial charge in [0.25, 0.3) is 0 Å². The van der Waals surface area contributed by atoms with Crippen molar-refractivity contribution in [2.75, 3.05) is 0 Å². The molecule has 0 aliphatic heterocycles. The van der Waals surface area contributed by atoms with Crippen LogP contribution in [0.15, 0.2) is 174 Å². The van der Waals surface area contributed by atoms with E-state index in [1.807, 2.05) is 18.3 Å². The number of hydrogen-bond acceptors (Lipinski definition) is 3. The molecule has 2 aromatic heterocycles. The van der Waals surface area contributed by atoms with E-state index < -0.39 is 0 Å². The predicted molar refractivity (Wildman–Crippen MR) is 204 cm³/mol. The zero-order valence-electron chi connectivity index (χ0n) is 26.5. The van der Waals surface area contributed by atoms with E-state index in [4.69, 9.17) is 14.4 Å². The van der Waals surface area contributed by atoms with Gasteiger partial charge in [0.15, 0.2) is 0 Å². The first-order valence-electron chi connectivity index (χ1n) is 16.6. The lowest BCUT2D eigenvalue weighted by Gasteiger charge is -2.11. The molecule has 0 saturated heterocycles. The lowest BCUT2D eigenvalue weighted by molar-refractivity contribution is 0.670. The normalized spacial score (nSPS) is 11.7. The van der Waals surface area contributed by atoms with Gasteiger partial charge in [-0.05, 0) is 50.7 Å². The van der Waals surface area contributed by atoms with Crippen molar-refractivity contribution in [3.8, 4) is 44.6 Å². The van der Waals surface area contributed by atoms with Crippen LogP contribution in [-0.4, -0.2) is 9.97 Å². The lowest BCUT2D eigenvalue weighted by Crippen LogP contribution is -1.92. The van der Waals surface area contributed by atoms with E-state index in [9.17, 15) is 0 Å². The molecule has 0 N–H and O–H groups in total. The molecule has 10 aromatic rings. The zero-order valence-corrected chi connectivity index (χ0v) is 26.5. The molecule has 0 aliphatic rings. The highest BCUT2D eigenvalue weighted by molar-refractivity contribution is 6.23. The summed E-state index contributed by atoms with van der Waals surface area (Å²) in [6, 6.07) is 57.7. The van der Waals surface area contributed by atoms with Crippen LogP contribution in [-0.2, 0) is 0 Å². The number of nitrogens with zero attached hydrogens (tertiary/aromatic N) is 2. The number of fused-ring (bicyclic) bond motifs is 9. The standard InChI is InChI=1S/C46H28N2O/c1-3-14-39-36(11-1)37-12-2-4-15-40(37)45-44(39)47-28-42(48-45)32-25-23-30(24-26-32)29-19-21-31(22-20-29)33-9-7-10-34(27-33)35-16-8-17-41-38-13-5-6-18-43(38)49-46(35)41/h1-28H. The van der Waals surface area contributed by atoms with Crippen LogP contribution in [0.25, 0.3) is 99.2 Å². The second-order valence-corrected chi connectivity index (χ2v) is 12.6. The van der Waals surface area contributed by atoms with Gasteiger partial charge in [0.2, 0.25) is 0 Å². The van der Waals surface area contributed by atoms with Crippen molar-refractivity contribution in [3.05, 3.63) is 170 Å². The number of hydrogen-bond donors (Lipinski definition) is 0. The summed E-state index contributed by atoms with van der Waals surface area (Å²) < 4.78 is 6.33. The molecule has 0 atom stereocenters. The van der Waals surface area contributed by atoms with Crippen molar-refractivity contribution in [2.45, 2.75) is 0 Å². The summed E-state index contributed by atoms with van der Waals surface area (Å²) in [5.41, 5.74) is 12.5. The molecule has 0 spiro atoms. The fourth-order valence-corrected chi connectivity index (χ4v) is 7.29. The maximum Gasteiger partial charge on any atom is 0.143 e. The molecule has 3 heteroatoms. The average molecular weight is 625 g/mol. The number of furan rings is 1. The third-order valence-corrected chi connectivity index (χ3v) is 9.74. The Morgan fingerprint density at radius 2 is 0.898 bits per heavy atom. The predicted octanol–water partition coefficient (Wildman–Crippen LogP) is 12.5. The molecule has 0 amide bonds. The van der Waals surface area contributed by atoms with Gasteiger partial charge in [0, 0.05) is 32.7 Å². The largest absolute Gasteiger partial charge is 0.455 e. The van der Waals surface area contributed by atoms with Gasteiger partial charge in [-0.2, -0.15) is 0 Å². The first-order valence-corrected chi connectivity index (χ1v) is 16.6. The summed E-state index contributed by atoms with van der Waals surface area (Å²) in [6.45, 7) is 0. The van der Waals surface area contributed by atoms with E-state index in [1.165, 1.54) is 27.5 Å². The maximum atomic E-state index is 6.33. The van der Waals surface area contributed by atoms with Crippen LogP contribution in [0.2, 0.25) is 0 Å². The Labute approximate surface area is 282 Å². The van der Waals surface area contributed by atoms with E-state index in [-0.39, 0.29) is 0 Å². The molecule has 49 heavy (non-hydrogen) atoms. The molecular weight excluding hydrogens is 597 g/mol. The van der Waals surface area contributed by atoms with Gasteiger partial charge in [-0.15, -0.1) is 0 Å². The SMILES string of the molecule is c1cc(-c2ccc(-c3ccc(-c4cnc5c6ccccc6c6ccccc6c5n4)cc3)cc2)cc(-c2cccc3c2oc2ccccc23)c1. The minimum Gasteiger partial charge on any atom is -0.455 e. The molecule has 8 aromatic carbocycles. The fraction of sp³-hybridized carbons (Fsp3) is 0. The highest BCUT2D eigenvalue weighted by Gasteiger charge is 2.14. The Kier molecular flexibility index (Phi) is 6.18. The molecule has 10 rings (SSSR count). The molecular formula is C46H28N2O. The van der Waals surface area contributed by atoms with Crippen LogP contribution >= 0.6 is 0 Å². The second-order valence-electron chi connectivity index (χ2n) is 12.6. The van der Waals surface area contributed by atoms with E-state index >= 15 is 0 Å². The van der Waals surface area contributed by atoms with Crippen molar-refractivity contribution in [2.24, 2.45) is 0 Å². The summed E-state index contributed by atoms with van der Waals surface area (Å²) in [5.74, 6) is 0. The van der Waals surface area contributed by atoms with Gasteiger partial charge in [0.1, 0.15) is 11.2 Å². The number of rotatable bonds is 4. The van der Waals surface area contributed by atoms with Gasteiger partial charge in [-0.25, -0.2) is 4.98 Å². The highest BCUT2D eigenvalue weighted by atomic mass is 16.3. The van der Waals surface area contributed by atoms with Gasteiger partial charge < -0.3 is 4.42 Å². The first kappa shape index (κ1) is 27.5. The summed E-state index contributed by atoms with van der Waals surface area (Å²) >= 11 is 0.